The second-order valence-corrected chi connectivity index (χ2v) is 5.39. The van der Waals surface area contributed by atoms with Gasteiger partial charge in [0.25, 0.3) is 0 Å². The second kappa shape index (κ2) is 7.39. The smallest absolute Gasteiger partial charge is 0.144 e. The molecule has 1 aromatic rings. The normalized spacial score (nSPS) is 18.5. The lowest BCUT2D eigenvalue weighted by Crippen LogP contribution is -2.30. The van der Waals surface area contributed by atoms with Gasteiger partial charge < -0.3 is 20.5 Å². The first kappa shape index (κ1) is 15.0. The van der Waals surface area contributed by atoms with Crippen molar-refractivity contribution in [1.29, 1.82) is 0 Å². The Bertz CT molecular complexity index is 423. The van der Waals surface area contributed by atoms with E-state index in [4.69, 9.17) is 15.6 Å². The van der Waals surface area contributed by atoms with Crippen LogP contribution in [-0.2, 0) is 0 Å². The van der Waals surface area contributed by atoms with Crippen LogP contribution in [0.1, 0.15) is 39.0 Å². The van der Waals surface area contributed by atoms with Gasteiger partial charge in [-0.05, 0) is 44.2 Å². The predicted octanol–water partition coefficient (Wildman–Crippen LogP) is 2.80. The molecule has 0 aromatic heterocycles. The SMILES string of the molecule is CCCOc1cccc(N2CCCC2CCCO)c1N. The molecule has 1 aliphatic rings. The van der Waals surface area contributed by atoms with Crippen molar-refractivity contribution in [3.63, 3.8) is 0 Å². The highest BCUT2D eigenvalue weighted by molar-refractivity contribution is 5.74. The van der Waals surface area contributed by atoms with Gasteiger partial charge in [-0.3, -0.25) is 0 Å². The maximum atomic E-state index is 9.02. The average Bonchev–Trinajstić information content (AvgIpc) is 2.92. The molecular weight excluding hydrogens is 252 g/mol. The molecule has 3 N–H and O–H groups in total. The predicted molar refractivity (Wildman–Crippen MR) is 83.3 cm³/mol. The van der Waals surface area contributed by atoms with Crippen molar-refractivity contribution >= 4 is 11.4 Å². The highest BCUT2D eigenvalue weighted by Crippen LogP contribution is 2.37. The molecule has 0 saturated carbocycles. The van der Waals surface area contributed by atoms with E-state index in [-0.39, 0.29) is 6.61 Å². The van der Waals surface area contributed by atoms with Gasteiger partial charge in [-0.15, -0.1) is 0 Å². The number of aliphatic hydroxyl groups excluding tert-OH is 1. The van der Waals surface area contributed by atoms with E-state index in [1.807, 2.05) is 12.1 Å². The van der Waals surface area contributed by atoms with E-state index in [9.17, 15) is 0 Å². The van der Waals surface area contributed by atoms with Crippen LogP contribution in [0, 0.1) is 0 Å². The monoisotopic (exact) mass is 278 g/mol. The summed E-state index contributed by atoms with van der Waals surface area (Å²) in [4.78, 5) is 2.38. The molecule has 4 nitrogen and oxygen atoms in total. The number of nitrogens with two attached hydrogens (primary N) is 1. The minimum atomic E-state index is 0.263. The third-order valence-corrected chi connectivity index (χ3v) is 3.89. The van der Waals surface area contributed by atoms with Gasteiger partial charge in [0.2, 0.25) is 0 Å². The summed E-state index contributed by atoms with van der Waals surface area (Å²) in [5.41, 5.74) is 8.11. The van der Waals surface area contributed by atoms with Gasteiger partial charge in [0.05, 0.1) is 18.0 Å². The molecule has 0 bridgehead atoms. The third kappa shape index (κ3) is 3.37. The zero-order chi connectivity index (χ0) is 14.4. The number of anilines is 2. The van der Waals surface area contributed by atoms with E-state index in [1.54, 1.807) is 0 Å². The summed E-state index contributed by atoms with van der Waals surface area (Å²) in [5.74, 6) is 0.789. The zero-order valence-corrected chi connectivity index (χ0v) is 12.3. The van der Waals surface area contributed by atoms with Gasteiger partial charge in [-0.2, -0.15) is 0 Å². The maximum Gasteiger partial charge on any atom is 0.144 e. The Morgan fingerprint density at radius 1 is 1.45 bits per heavy atom. The Morgan fingerprint density at radius 2 is 2.30 bits per heavy atom. The van der Waals surface area contributed by atoms with Crippen molar-refractivity contribution in [2.45, 2.75) is 45.1 Å². The number of nitrogens with zero attached hydrogens (tertiary/aromatic N) is 1. The lowest BCUT2D eigenvalue weighted by atomic mass is 10.1. The Kier molecular flexibility index (Phi) is 5.53. The van der Waals surface area contributed by atoms with E-state index in [0.717, 1.165) is 42.9 Å². The molecule has 2 rings (SSSR count). The molecule has 1 aromatic carbocycles. The van der Waals surface area contributed by atoms with Crippen LogP contribution in [-0.4, -0.2) is 30.9 Å². The van der Waals surface area contributed by atoms with Gasteiger partial charge in [0.15, 0.2) is 0 Å². The third-order valence-electron chi connectivity index (χ3n) is 3.89. The molecule has 0 aliphatic carbocycles. The molecule has 1 saturated heterocycles. The van der Waals surface area contributed by atoms with Crippen LogP contribution in [0.2, 0.25) is 0 Å². The van der Waals surface area contributed by atoms with Crippen LogP contribution < -0.4 is 15.4 Å². The number of aliphatic hydroxyl groups is 1. The van der Waals surface area contributed by atoms with Crippen molar-refractivity contribution in [3.05, 3.63) is 18.2 Å². The Hall–Kier alpha value is -1.42. The minimum Gasteiger partial charge on any atom is -0.491 e. The lowest BCUT2D eigenvalue weighted by Gasteiger charge is -2.28. The standard InChI is InChI=1S/C16H26N2O2/c1-2-12-20-15-9-3-8-14(16(15)17)18-10-4-6-13(18)7-5-11-19/h3,8-9,13,19H,2,4-7,10-12,17H2,1H3. The first-order valence-corrected chi connectivity index (χ1v) is 7.66. The number of ether oxygens (including phenoxy) is 1. The highest BCUT2D eigenvalue weighted by Gasteiger charge is 2.26. The van der Waals surface area contributed by atoms with Crippen LogP contribution in [0.3, 0.4) is 0 Å². The number of benzene rings is 1. The quantitative estimate of drug-likeness (QED) is 0.753. The van der Waals surface area contributed by atoms with Gasteiger partial charge in [-0.25, -0.2) is 0 Å². The minimum absolute atomic E-state index is 0.263. The molecule has 1 aliphatic heterocycles. The highest BCUT2D eigenvalue weighted by atomic mass is 16.5. The molecule has 20 heavy (non-hydrogen) atoms. The lowest BCUT2D eigenvalue weighted by molar-refractivity contribution is 0.279. The van der Waals surface area contributed by atoms with Gasteiger partial charge in [-0.1, -0.05) is 13.0 Å². The fraction of sp³-hybridized carbons (Fsp3) is 0.625. The molecule has 0 amide bonds. The zero-order valence-electron chi connectivity index (χ0n) is 12.3. The Balaban J connectivity index is 2.14. The van der Waals surface area contributed by atoms with Crippen molar-refractivity contribution in [2.75, 3.05) is 30.4 Å². The molecule has 4 heteroatoms. The summed E-state index contributed by atoms with van der Waals surface area (Å²) >= 11 is 0. The molecule has 0 radical (unpaired) electrons. The van der Waals surface area contributed by atoms with Crippen molar-refractivity contribution in [1.82, 2.24) is 0 Å². The second-order valence-electron chi connectivity index (χ2n) is 5.39. The van der Waals surface area contributed by atoms with E-state index in [1.165, 1.54) is 12.8 Å². The van der Waals surface area contributed by atoms with Crippen molar-refractivity contribution < 1.29 is 9.84 Å². The van der Waals surface area contributed by atoms with E-state index < -0.39 is 0 Å². The van der Waals surface area contributed by atoms with Crippen LogP contribution in [0.25, 0.3) is 0 Å². The molecule has 1 heterocycles. The first-order chi connectivity index (χ1) is 9.77. The van der Waals surface area contributed by atoms with Crippen molar-refractivity contribution in [2.24, 2.45) is 0 Å². The van der Waals surface area contributed by atoms with Gasteiger partial charge in [0, 0.05) is 19.2 Å². The number of hydrogen-bond donors (Lipinski definition) is 2. The van der Waals surface area contributed by atoms with E-state index in [0.29, 0.717) is 12.6 Å². The van der Waals surface area contributed by atoms with Crippen LogP contribution in [0.15, 0.2) is 18.2 Å². The molecule has 1 unspecified atom stereocenters. The number of hydrogen-bond acceptors (Lipinski definition) is 4. The average molecular weight is 278 g/mol. The van der Waals surface area contributed by atoms with Crippen LogP contribution in [0.5, 0.6) is 5.75 Å². The van der Waals surface area contributed by atoms with Crippen LogP contribution in [0.4, 0.5) is 11.4 Å². The largest absolute Gasteiger partial charge is 0.491 e. The fourth-order valence-electron chi connectivity index (χ4n) is 2.90. The van der Waals surface area contributed by atoms with Crippen molar-refractivity contribution in [3.8, 4) is 5.75 Å². The Morgan fingerprint density at radius 3 is 3.05 bits per heavy atom. The molecule has 0 spiro atoms. The summed E-state index contributed by atoms with van der Waals surface area (Å²) in [6.07, 6.45) is 5.23. The molecule has 1 fully saturated rings. The van der Waals surface area contributed by atoms with Gasteiger partial charge >= 0.3 is 0 Å². The summed E-state index contributed by atoms with van der Waals surface area (Å²) in [6.45, 7) is 4.09. The summed E-state index contributed by atoms with van der Waals surface area (Å²) < 4.78 is 5.71. The maximum absolute atomic E-state index is 9.02. The van der Waals surface area contributed by atoms with E-state index >= 15 is 0 Å². The number of rotatable bonds is 7. The number of para-hydroxylation sites is 1. The van der Waals surface area contributed by atoms with Gasteiger partial charge in [0.1, 0.15) is 5.75 Å². The molecule has 112 valence electrons. The van der Waals surface area contributed by atoms with E-state index in [2.05, 4.69) is 17.9 Å². The fourth-order valence-corrected chi connectivity index (χ4v) is 2.90. The Labute approximate surface area is 121 Å². The first-order valence-electron chi connectivity index (χ1n) is 7.66. The molecular formula is C16H26N2O2. The number of nitrogen functional groups attached to an aromatic ring is 1. The topological polar surface area (TPSA) is 58.7 Å². The van der Waals surface area contributed by atoms with Crippen LogP contribution >= 0.6 is 0 Å². The summed E-state index contributed by atoms with van der Waals surface area (Å²) in [6, 6.07) is 6.52. The molecule has 1 atom stereocenters. The summed E-state index contributed by atoms with van der Waals surface area (Å²) in [5, 5.41) is 9.02. The summed E-state index contributed by atoms with van der Waals surface area (Å²) in [7, 11) is 0.